The van der Waals surface area contributed by atoms with Crippen LogP contribution >= 0.6 is 0 Å². The zero-order valence-corrected chi connectivity index (χ0v) is 7.10. The molecule has 13 heavy (non-hydrogen) atoms. The van der Waals surface area contributed by atoms with Crippen LogP contribution in [0.3, 0.4) is 0 Å². The first-order chi connectivity index (χ1) is 6.29. The summed E-state index contributed by atoms with van der Waals surface area (Å²) in [5.41, 5.74) is 0.798. The summed E-state index contributed by atoms with van der Waals surface area (Å²) in [7, 11) is 0. The van der Waals surface area contributed by atoms with Gasteiger partial charge in [-0.3, -0.25) is 0 Å². The van der Waals surface area contributed by atoms with Crippen molar-refractivity contribution in [2.24, 2.45) is 10.3 Å². The van der Waals surface area contributed by atoms with Gasteiger partial charge in [-0.1, -0.05) is 30.3 Å². The van der Waals surface area contributed by atoms with Gasteiger partial charge in [-0.05, 0) is 6.92 Å². The molecule has 0 saturated heterocycles. The van der Waals surface area contributed by atoms with Crippen LogP contribution in [0, 0.1) is 10.4 Å². The van der Waals surface area contributed by atoms with Gasteiger partial charge in [-0.15, -0.1) is 0 Å². The predicted molar refractivity (Wildman–Crippen MR) is 52.8 cm³/mol. The lowest BCUT2D eigenvalue weighted by atomic mass is 10.1. The highest BCUT2D eigenvalue weighted by atomic mass is 16.4. The second-order valence-electron chi connectivity index (χ2n) is 2.48. The van der Waals surface area contributed by atoms with E-state index in [-0.39, 0.29) is 11.4 Å². The van der Waals surface area contributed by atoms with Crippen molar-refractivity contribution in [2.75, 3.05) is 0 Å². The van der Waals surface area contributed by atoms with E-state index in [0.717, 1.165) is 0 Å². The molecule has 1 aromatic carbocycles. The molecule has 0 aliphatic carbocycles. The average molecular weight is 176 g/mol. The third-order valence-corrected chi connectivity index (χ3v) is 1.62. The van der Waals surface area contributed by atoms with E-state index in [9.17, 15) is 10.4 Å². The van der Waals surface area contributed by atoms with Crippen LogP contribution in [0.4, 0.5) is 0 Å². The number of benzene rings is 1. The van der Waals surface area contributed by atoms with Crippen LogP contribution in [-0.4, -0.2) is 11.4 Å². The number of nitrogens with zero attached hydrogens (tertiary/aromatic N) is 2. The van der Waals surface area contributed by atoms with Crippen molar-refractivity contribution in [1.82, 2.24) is 0 Å². The van der Waals surface area contributed by atoms with Gasteiger partial charge in [-0.2, -0.15) is 0 Å². The third-order valence-electron chi connectivity index (χ3n) is 1.62. The van der Waals surface area contributed by atoms with Crippen LogP contribution in [0.2, 0.25) is 0 Å². The number of hydrogen-bond donors (Lipinski definition) is 0. The predicted octanol–water partition coefficient (Wildman–Crippen LogP) is 1.93. The largest absolute Gasteiger partial charge is 0.792 e. The summed E-state index contributed by atoms with van der Waals surface area (Å²) < 4.78 is 0. The number of hydrogen-bond acceptors (Lipinski definition) is 4. The Morgan fingerprint density at radius 3 is 2.15 bits per heavy atom. The zero-order chi connectivity index (χ0) is 9.68. The molecular weight excluding hydrogens is 168 g/mol. The standard InChI is InChI=1S/C9H10N2O2/c1-7(10-12)9(11-13)8-5-3-2-4-6-8/h2-6,12-13H,1H3/p-2. The fraction of sp³-hybridized carbons (Fsp3) is 0.111. The number of rotatable bonds is 2. The van der Waals surface area contributed by atoms with Gasteiger partial charge >= 0.3 is 0 Å². The van der Waals surface area contributed by atoms with Gasteiger partial charge in [0.25, 0.3) is 0 Å². The second-order valence-corrected chi connectivity index (χ2v) is 2.48. The lowest BCUT2D eigenvalue weighted by Gasteiger charge is -2.09. The van der Waals surface area contributed by atoms with E-state index in [1.807, 2.05) is 6.07 Å². The Hall–Kier alpha value is -1.84. The molecule has 0 radical (unpaired) electrons. The Balaban J connectivity index is 3.07. The van der Waals surface area contributed by atoms with E-state index in [0.29, 0.717) is 5.56 Å². The van der Waals surface area contributed by atoms with Crippen LogP contribution in [0.25, 0.3) is 0 Å². The first kappa shape index (κ1) is 9.25. The first-order valence-corrected chi connectivity index (χ1v) is 3.72. The third kappa shape index (κ3) is 2.05. The molecule has 0 aliphatic rings. The van der Waals surface area contributed by atoms with Gasteiger partial charge in [0.2, 0.25) is 0 Å². The molecular formula is C9H8N2O2-2. The van der Waals surface area contributed by atoms with E-state index in [4.69, 9.17) is 0 Å². The topological polar surface area (TPSA) is 70.8 Å². The highest BCUT2D eigenvalue weighted by Crippen LogP contribution is 2.02. The molecule has 0 bridgehead atoms. The average Bonchev–Trinajstić information content (AvgIpc) is 2.20. The zero-order valence-electron chi connectivity index (χ0n) is 7.10. The summed E-state index contributed by atoms with van der Waals surface area (Å²) in [4.78, 5) is 0. The Kier molecular flexibility index (Phi) is 3.03. The van der Waals surface area contributed by atoms with Crippen molar-refractivity contribution < 1.29 is 0 Å². The summed E-state index contributed by atoms with van der Waals surface area (Å²) in [6.45, 7) is 1.46. The van der Waals surface area contributed by atoms with Crippen LogP contribution in [0.15, 0.2) is 40.6 Å². The van der Waals surface area contributed by atoms with Crippen LogP contribution in [0.5, 0.6) is 0 Å². The fourth-order valence-electron chi connectivity index (χ4n) is 0.967. The van der Waals surface area contributed by atoms with Gasteiger partial charge < -0.3 is 20.7 Å². The summed E-state index contributed by atoms with van der Waals surface area (Å²) in [6, 6.07) is 8.74. The molecule has 0 atom stereocenters. The smallest absolute Gasteiger partial charge is 0.0796 e. The second kappa shape index (κ2) is 4.25. The Morgan fingerprint density at radius 1 is 1.08 bits per heavy atom. The molecule has 0 aromatic heterocycles. The lowest BCUT2D eigenvalue weighted by molar-refractivity contribution is 1.53. The molecule has 0 N–H and O–H groups in total. The van der Waals surface area contributed by atoms with E-state index >= 15 is 0 Å². The van der Waals surface area contributed by atoms with Gasteiger partial charge in [0, 0.05) is 5.56 Å². The molecule has 1 rings (SSSR count). The molecule has 4 nitrogen and oxygen atoms in total. The Morgan fingerprint density at radius 2 is 1.69 bits per heavy atom. The van der Waals surface area contributed by atoms with E-state index < -0.39 is 0 Å². The van der Waals surface area contributed by atoms with Crippen molar-refractivity contribution in [2.45, 2.75) is 6.92 Å². The van der Waals surface area contributed by atoms with E-state index in [1.165, 1.54) is 6.92 Å². The van der Waals surface area contributed by atoms with E-state index in [2.05, 4.69) is 10.3 Å². The normalized spacial score (nSPS) is 13.0. The minimum absolute atomic E-state index is 0.0931. The van der Waals surface area contributed by atoms with Crippen molar-refractivity contribution in [3.8, 4) is 0 Å². The molecule has 0 saturated carbocycles. The molecule has 1 aromatic rings. The highest BCUT2D eigenvalue weighted by Gasteiger charge is 2.02. The van der Waals surface area contributed by atoms with Gasteiger partial charge in [0.15, 0.2) is 0 Å². The Labute approximate surface area is 75.8 Å². The highest BCUT2D eigenvalue weighted by molar-refractivity contribution is 6.47. The van der Waals surface area contributed by atoms with Crippen molar-refractivity contribution in [3.05, 3.63) is 46.3 Å². The summed E-state index contributed by atoms with van der Waals surface area (Å²) >= 11 is 0. The van der Waals surface area contributed by atoms with Crippen LogP contribution in [0.1, 0.15) is 12.5 Å². The maximum Gasteiger partial charge on any atom is 0.0796 e. The molecule has 68 valence electrons. The monoisotopic (exact) mass is 176 g/mol. The molecule has 0 heterocycles. The Bertz CT molecular complexity index is 331. The molecule has 4 heteroatoms. The molecule has 0 fully saturated rings. The van der Waals surface area contributed by atoms with Crippen LogP contribution in [-0.2, 0) is 0 Å². The minimum Gasteiger partial charge on any atom is -0.792 e. The van der Waals surface area contributed by atoms with E-state index in [1.54, 1.807) is 24.3 Å². The first-order valence-electron chi connectivity index (χ1n) is 3.72. The quantitative estimate of drug-likeness (QED) is 0.510. The van der Waals surface area contributed by atoms with Crippen molar-refractivity contribution >= 4 is 11.4 Å². The van der Waals surface area contributed by atoms with Crippen molar-refractivity contribution in [1.29, 1.82) is 0 Å². The van der Waals surface area contributed by atoms with Gasteiger partial charge in [0.1, 0.15) is 0 Å². The fourth-order valence-corrected chi connectivity index (χ4v) is 0.967. The van der Waals surface area contributed by atoms with Crippen molar-refractivity contribution in [3.63, 3.8) is 0 Å². The maximum absolute atomic E-state index is 10.4. The summed E-state index contributed by atoms with van der Waals surface area (Å²) in [6.07, 6.45) is 0. The van der Waals surface area contributed by atoms with Gasteiger partial charge in [0.05, 0.1) is 11.4 Å². The van der Waals surface area contributed by atoms with Crippen LogP contribution < -0.4 is 0 Å². The molecule has 0 amide bonds. The minimum atomic E-state index is 0.0931. The summed E-state index contributed by atoms with van der Waals surface area (Å²) in [5, 5.41) is 26.0. The maximum atomic E-state index is 10.4. The molecule has 0 aliphatic heterocycles. The summed E-state index contributed by atoms with van der Waals surface area (Å²) in [5.74, 6) is 0. The molecule has 0 spiro atoms. The molecule has 0 unspecified atom stereocenters. The lowest BCUT2D eigenvalue weighted by Crippen LogP contribution is -2.11. The van der Waals surface area contributed by atoms with Gasteiger partial charge in [-0.25, -0.2) is 0 Å². The SMILES string of the molecule is CC(=N[O-])C(=N[O-])c1ccccc1.